The number of halogens is 1. The SMILES string of the molecule is CCCCSc1n[n+]2c(c(=O)[nH]1)-c1ccccc1N[C@H]2c1cccc(O)c1Cl. The zero-order chi connectivity index (χ0) is 19.7. The van der Waals surface area contributed by atoms with Gasteiger partial charge in [-0.1, -0.05) is 54.9 Å². The number of aromatic nitrogens is 3. The third kappa shape index (κ3) is 3.36. The fourth-order valence-corrected chi connectivity index (χ4v) is 4.39. The van der Waals surface area contributed by atoms with Crippen LogP contribution >= 0.6 is 23.4 Å². The Balaban J connectivity index is 1.90. The molecular weight excluding hydrogens is 396 g/mol. The molecule has 6 nitrogen and oxygen atoms in total. The topological polar surface area (TPSA) is 81.9 Å². The lowest BCUT2D eigenvalue weighted by Gasteiger charge is -2.23. The molecule has 1 atom stereocenters. The standard InChI is InChI=1S/C20H19ClN4O2S/c1-2-3-11-28-20-23-19(27)17-12-7-4-5-9-14(12)22-18(25(17)24-20)13-8-6-10-15(26)16(13)21/h4-10,18H,2-3,11H2,1H3,(H2,23,24,26,27)/p+1/t18-/m1/s1. The summed E-state index contributed by atoms with van der Waals surface area (Å²) in [5.74, 6) is 0.865. The van der Waals surface area contributed by atoms with Gasteiger partial charge < -0.3 is 10.4 Å². The average Bonchev–Trinajstić information content (AvgIpc) is 2.69. The van der Waals surface area contributed by atoms with E-state index in [2.05, 4.69) is 17.2 Å². The summed E-state index contributed by atoms with van der Waals surface area (Å²) in [6.07, 6.45) is 1.60. The average molecular weight is 416 g/mol. The highest BCUT2D eigenvalue weighted by molar-refractivity contribution is 7.99. The summed E-state index contributed by atoms with van der Waals surface area (Å²) in [4.78, 5) is 15.9. The first kappa shape index (κ1) is 18.8. The van der Waals surface area contributed by atoms with Gasteiger partial charge in [-0.3, -0.25) is 9.78 Å². The lowest BCUT2D eigenvalue weighted by atomic mass is 10.0. The molecule has 1 aliphatic rings. The number of hydrogen-bond donors (Lipinski definition) is 3. The van der Waals surface area contributed by atoms with Crippen LogP contribution in [0.15, 0.2) is 52.4 Å². The van der Waals surface area contributed by atoms with Crippen LogP contribution in [0.25, 0.3) is 11.3 Å². The minimum absolute atomic E-state index is 0.00985. The molecule has 2 heterocycles. The van der Waals surface area contributed by atoms with E-state index in [0.29, 0.717) is 16.4 Å². The number of H-pyrrole nitrogens is 1. The molecule has 0 aliphatic carbocycles. The second-order valence-corrected chi connectivity index (χ2v) is 7.99. The maximum absolute atomic E-state index is 13.0. The predicted octanol–water partition coefficient (Wildman–Crippen LogP) is 3.95. The molecule has 144 valence electrons. The van der Waals surface area contributed by atoms with Gasteiger partial charge in [0, 0.05) is 10.9 Å². The van der Waals surface area contributed by atoms with Crippen molar-refractivity contribution in [2.24, 2.45) is 0 Å². The third-order valence-electron chi connectivity index (χ3n) is 4.62. The summed E-state index contributed by atoms with van der Waals surface area (Å²) in [5.41, 5.74) is 2.48. The maximum Gasteiger partial charge on any atom is 0.325 e. The van der Waals surface area contributed by atoms with Gasteiger partial charge >= 0.3 is 11.3 Å². The summed E-state index contributed by atoms with van der Waals surface area (Å²) >= 11 is 7.90. The number of anilines is 1. The number of benzene rings is 2. The van der Waals surface area contributed by atoms with Crippen LogP contribution in [0.3, 0.4) is 0 Å². The van der Waals surface area contributed by atoms with E-state index in [1.807, 2.05) is 30.3 Å². The van der Waals surface area contributed by atoms with Gasteiger partial charge in [0.15, 0.2) is 0 Å². The maximum atomic E-state index is 13.0. The van der Waals surface area contributed by atoms with Crippen LogP contribution < -0.4 is 15.6 Å². The number of rotatable bonds is 5. The van der Waals surface area contributed by atoms with E-state index < -0.39 is 6.17 Å². The molecule has 0 fully saturated rings. The summed E-state index contributed by atoms with van der Waals surface area (Å²) in [7, 11) is 0. The normalized spacial score (nSPS) is 14.9. The Morgan fingerprint density at radius 2 is 2.07 bits per heavy atom. The number of aromatic amines is 1. The van der Waals surface area contributed by atoms with Crippen LogP contribution in [-0.4, -0.2) is 20.9 Å². The van der Waals surface area contributed by atoms with Crippen molar-refractivity contribution >= 4 is 29.1 Å². The van der Waals surface area contributed by atoms with Gasteiger partial charge in [-0.25, -0.2) is 0 Å². The summed E-state index contributed by atoms with van der Waals surface area (Å²) < 4.78 is 1.66. The highest BCUT2D eigenvalue weighted by Gasteiger charge is 2.38. The Morgan fingerprint density at radius 3 is 2.89 bits per heavy atom. The quantitative estimate of drug-likeness (QED) is 0.334. The lowest BCUT2D eigenvalue weighted by Crippen LogP contribution is -2.55. The van der Waals surface area contributed by atoms with Gasteiger partial charge in [0.1, 0.15) is 5.75 Å². The lowest BCUT2D eigenvalue weighted by molar-refractivity contribution is -0.759. The number of nitrogens with zero attached hydrogens (tertiary/aromatic N) is 2. The van der Waals surface area contributed by atoms with Crippen LogP contribution in [0.5, 0.6) is 5.75 Å². The molecule has 0 bridgehead atoms. The van der Waals surface area contributed by atoms with Crippen molar-refractivity contribution in [3.05, 3.63) is 63.4 Å². The number of aromatic hydroxyl groups is 1. The van der Waals surface area contributed by atoms with Gasteiger partial charge in [0.05, 0.1) is 21.8 Å². The fourth-order valence-electron chi connectivity index (χ4n) is 3.23. The Kier molecular flexibility index (Phi) is 5.28. The zero-order valence-electron chi connectivity index (χ0n) is 15.3. The van der Waals surface area contributed by atoms with Crippen LogP contribution in [0.2, 0.25) is 5.02 Å². The van der Waals surface area contributed by atoms with Crippen molar-refractivity contribution in [1.29, 1.82) is 0 Å². The van der Waals surface area contributed by atoms with Crippen molar-refractivity contribution in [3.8, 4) is 17.0 Å². The minimum Gasteiger partial charge on any atom is -0.506 e. The number of phenolic OH excluding ortho intramolecular Hbond substituents is 1. The van der Waals surface area contributed by atoms with Crippen LogP contribution in [-0.2, 0) is 0 Å². The number of unbranched alkanes of at least 4 members (excludes halogenated alkanes) is 1. The van der Waals surface area contributed by atoms with Gasteiger partial charge in [0.25, 0.3) is 6.17 Å². The van der Waals surface area contributed by atoms with Crippen molar-refractivity contribution in [1.82, 2.24) is 10.1 Å². The molecule has 0 saturated carbocycles. The highest BCUT2D eigenvalue weighted by atomic mass is 35.5. The van der Waals surface area contributed by atoms with E-state index in [9.17, 15) is 9.90 Å². The van der Waals surface area contributed by atoms with Crippen molar-refractivity contribution in [2.45, 2.75) is 31.1 Å². The largest absolute Gasteiger partial charge is 0.506 e. The first-order valence-electron chi connectivity index (χ1n) is 9.12. The van der Waals surface area contributed by atoms with E-state index in [1.165, 1.54) is 17.8 Å². The molecule has 4 rings (SSSR count). The van der Waals surface area contributed by atoms with Crippen molar-refractivity contribution in [3.63, 3.8) is 0 Å². The smallest absolute Gasteiger partial charge is 0.325 e. The van der Waals surface area contributed by atoms with E-state index in [0.717, 1.165) is 29.8 Å². The molecule has 3 aromatic rings. The molecule has 1 aromatic heterocycles. The number of hydrogen-bond acceptors (Lipinski definition) is 5. The van der Waals surface area contributed by atoms with Gasteiger partial charge in [-0.15, -0.1) is 0 Å². The number of phenols is 1. The highest BCUT2D eigenvalue weighted by Crippen LogP contribution is 2.36. The van der Waals surface area contributed by atoms with Gasteiger partial charge in [-0.2, -0.15) is 0 Å². The first-order chi connectivity index (χ1) is 13.6. The van der Waals surface area contributed by atoms with E-state index in [4.69, 9.17) is 16.7 Å². The Bertz CT molecular complexity index is 1090. The Labute approximate surface area is 171 Å². The van der Waals surface area contributed by atoms with Crippen LogP contribution in [0.4, 0.5) is 5.69 Å². The molecule has 0 unspecified atom stereocenters. The molecule has 1 aliphatic heterocycles. The predicted molar refractivity (Wildman–Crippen MR) is 111 cm³/mol. The van der Waals surface area contributed by atoms with Gasteiger partial charge in [0.2, 0.25) is 5.16 Å². The number of thioether (sulfide) groups is 1. The summed E-state index contributed by atoms with van der Waals surface area (Å²) in [6, 6.07) is 12.7. The van der Waals surface area contributed by atoms with E-state index in [1.54, 1.807) is 10.7 Å². The molecule has 3 N–H and O–H groups in total. The second-order valence-electron chi connectivity index (χ2n) is 6.53. The summed E-state index contributed by atoms with van der Waals surface area (Å²) in [5, 5.41) is 19.0. The number of nitrogens with one attached hydrogen (secondary N) is 2. The monoisotopic (exact) mass is 415 g/mol. The zero-order valence-corrected chi connectivity index (χ0v) is 16.8. The van der Waals surface area contributed by atoms with E-state index >= 15 is 0 Å². The molecule has 0 saturated heterocycles. The molecule has 0 radical (unpaired) electrons. The molecular formula is C20H20ClN4O2S+. The van der Waals surface area contributed by atoms with Crippen LogP contribution in [0, 0.1) is 0 Å². The fraction of sp³-hybridized carbons (Fsp3) is 0.250. The Hall–Kier alpha value is -2.51. The summed E-state index contributed by atoms with van der Waals surface area (Å²) in [6.45, 7) is 2.12. The molecule has 28 heavy (non-hydrogen) atoms. The minimum atomic E-state index is -0.516. The Morgan fingerprint density at radius 1 is 1.25 bits per heavy atom. The van der Waals surface area contributed by atoms with Crippen molar-refractivity contribution in [2.75, 3.05) is 11.1 Å². The van der Waals surface area contributed by atoms with E-state index in [-0.39, 0.29) is 16.3 Å². The van der Waals surface area contributed by atoms with Crippen molar-refractivity contribution < 1.29 is 9.79 Å². The number of para-hydroxylation sites is 1. The first-order valence-corrected chi connectivity index (χ1v) is 10.5. The molecule has 2 aromatic carbocycles. The number of fused-ring (bicyclic) bond motifs is 3. The molecule has 0 amide bonds. The molecule has 0 spiro atoms. The third-order valence-corrected chi connectivity index (χ3v) is 5.98. The second kappa shape index (κ2) is 7.85. The van der Waals surface area contributed by atoms with Crippen LogP contribution in [0.1, 0.15) is 31.5 Å². The van der Waals surface area contributed by atoms with Gasteiger partial charge in [-0.05, 0) is 35.4 Å². The molecule has 8 heteroatoms.